The molecule has 5 heterocycles. The second-order valence-electron chi connectivity index (χ2n) is 12.4. The monoisotopic (exact) mass is 604 g/mol. The van der Waals surface area contributed by atoms with Crippen LogP contribution in [0.5, 0.6) is 0 Å². The normalized spacial score (nSPS) is 20.6. The summed E-state index contributed by atoms with van der Waals surface area (Å²) < 4.78 is 4.78. The van der Waals surface area contributed by atoms with E-state index in [4.69, 9.17) is 14.7 Å². The van der Waals surface area contributed by atoms with Gasteiger partial charge in [-0.3, -0.25) is 4.79 Å². The Morgan fingerprint density at radius 1 is 0.933 bits per heavy atom. The topological polar surface area (TPSA) is 141 Å². The maximum absolute atomic E-state index is 13.6. The number of hydrogen-bond donors (Lipinski definition) is 4. The molecule has 2 amide bonds. The van der Waals surface area contributed by atoms with Crippen LogP contribution in [0.3, 0.4) is 0 Å². The van der Waals surface area contributed by atoms with E-state index in [1.165, 1.54) is 13.5 Å². The summed E-state index contributed by atoms with van der Waals surface area (Å²) in [4.78, 5) is 48.7. The van der Waals surface area contributed by atoms with Crippen LogP contribution in [0.1, 0.15) is 62.3 Å². The number of aromatic amines is 2. The molecule has 3 atom stereocenters. The van der Waals surface area contributed by atoms with Crippen molar-refractivity contribution in [2.45, 2.75) is 56.7 Å². The first kappa shape index (κ1) is 27.8. The molecule has 11 nitrogen and oxygen atoms in total. The summed E-state index contributed by atoms with van der Waals surface area (Å²) in [6.07, 6.45) is 7.18. The van der Waals surface area contributed by atoms with Gasteiger partial charge in [0.25, 0.3) is 0 Å². The van der Waals surface area contributed by atoms with Gasteiger partial charge in [-0.25, -0.2) is 19.7 Å². The van der Waals surface area contributed by atoms with Gasteiger partial charge in [-0.05, 0) is 86.0 Å². The fourth-order valence-electron chi connectivity index (χ4n) is 6.87. The second kappa shape index (κ2) is 11.3. The van der Waals surface area contributed by atoms with Crippen molar-refractivity contribution in [1.82, 2.24) is 40.5 Å². The van der Waals surface area contributed by atoms with Gasteiger partial charge < -0.3 is 30.2 Å². The summed E-state index contributed by atoms with van der Waals surface area (Å²) in [5, 5.41) is 8.54. The van der Waals surface area contributed by atoms with E-state index < -0.39 is 12.1 Å². The first-order chi connectivity index (χ1) is 22.0. The Bertz CT molecular complexity index is 1900. The van der Waals surface area contributed by atoms with Crippen LogP contribution < -0.4 is 10.6 Å². The van der Waals surface area contributed by atoms with Crippen molar-refractivity contribution in [1.29, 1.82) is 0 Å². The van der Waals surface area contributed by atoms with Crippen LogP contribution in [0.15, 0.2) is 54.7 Å². The molecule has 5 aromatic rings. The molecule has 3 aromatic heterocycles. The quantitative estimate of drug-likeness (QED) is 0.195. The Hall–Kier alpha value is -4.77. The van der Waals surface area contributed by atoms with E-state index in [0.29, 0.717) is 18.2 Å². The van der Waals surface area contributed by atoms with Crippen LogP contribution in [0, 0.1) is 5.92 Å². The molecule has 2 aliphatic heterocycles. The van der Waals surface area contributed by atoms with Crippen molar-refractivity contribution >= 4 is 33.9 Å². The molecule has 1 saturated carbocycles. The van der Waals surface area contributed by atoms with Crippen LogP contribution in [0.4, 0.5) is 4.79 Å². The highest BCUT2D eigenvalue weighted by molar-refractivity contribution is 5.91. The molecule has 3 fully saturated rings. The van der Waals surface area contributed by atoms with E-state index in [-0.39, 0.29) is 17.9 Å². The van der Waals surface area contributed by atoms with Crippen LogP contribution >= 0.6 is 0 Å². The van der Waals surface area contributed by atoms with Gasteiger partial charge in [0, 0.05) is 17.7 Å². The summed E-state index contributed by atoms with van der Waals surface area (Å²) in [7, 11) is 1.32. The van der Waals surface area contributed by atoms with Crippen molar-refractivity contribution in [3.63, 3.8) is 0 Å². The van der Waals surface area contributed by atoms with Gasteiger partial charge in [-0.1, -0.05) is 24.3 Å². The standard InChI is InChI=1S/C34H36N8O3/c1-45-34(44)40-29(19-6-7-19)33(43)42-15-3-5-28(42)32-38-26-13-12-24(37-31(26)41-32)22-10-8-21-17-23(11-9-20(21)16-22)27-18-36-30(39-27)25-4-2-14-35-25/h8-13,16-19,25,28-29,35H,2-7,14-15H2,1H3,(H,36,39)(H,40,44)(H,37,38,41)/t25-,28-,29?/m0/s1. The predicted octanol–water partition coefficient (Wildman–Crippen LogP) is 5.39. The number of ether oxygens (including phenoxy) is 1. The Morgan fingerprint density at radius 2 is 1.76 bits per heavy atom. The molecule has 11 heteroatoms. The number of imidazole rings is 2. The minimum atomic E-state index is -0.575. The smallest absolute Gasteiger partial charge is 0.407 e. The number of hydrogen-bond acceptors (Lipinski definition) is 7. The number of benzene rings is 2. The van der Waals surface area contributed by atoms with Gasteiger partial charge in [0.05, 0.1) is 36.8 Å². The fourth-order valence-corrected chi connectivity index (χ4v) is 6.87. The molecule has 4 N–H and O–H groups in total. The first-order valence-electron chi connectivity index (χ1n) is 15.9. The zero-order valence-electron chi connectivity index (χ0n) is 25.2. The van der Waals surface area contributed by atoms with Gasteiger partial charge in [-0.15, -0.1) is 0 Å². The highest BCUT2D eigenvalue weighted by atomic mass is 16.5. The van der Waals surface area contributed by atoms with Crippen LogP contribution in [-0.2, 0) is 9.53 Å². The lowest BCUT2D eigenvalue weighted by molar-refractivity contribution is -0.135. The van der Waals surface area contributed by atoms with E-state index in [0.717, 1.165) is 89.1 Å². The lowest BCUT2D eigenvalue weighted by atomic mass is 10.0. The zero-order valence-corrected chi connectivity index (χ0v) is 25.2. The third kappa shape index (κ3) is 5.31. The number of nitrogens with one attached hydrogen (secondary N) is 4. The van der Waals surface area contributed by atoms with Crippen molar-refractivity contribution in [3.05, 3.63) is 66.4 Å². The molecule has 8 rings (SSSR count). The number of likely N-dealkylation sites (tertiary alicyclic amines) is 1. The maximum Gasteiger partial charge on any atom is 0.407 e. The molecule has 1 unspecified atom stereocenters. The lowest BCUT2D eigenvalue weighted by Gasteiger charge is -2.28. The Morgan fingerprint density at radius 3 is 2.53 bits per heavy atom. The Labute approximate surface area is 260 Å². The van der Waals surface area contributed by atoms with Crippen LogP contribution in [0.2, 0.25) is 0 Å². The van der Waals surface area contributed by atoms with E-state index in [9.17, 15) is 9.59 Å². The van der Waals surface area contributed by atoms with Gasteiger partial charge in [0.15, 0.2) is 5.65 Å². The number of carbonyl (C=O) groups is 2. The molecule has 0 radical (unpaired) electrons. The number of alkyl carbamates (subject to hydrolysis) is 1. The average molecular weight is 605 g/mol. The highest BCUT2D eigenvalue weighted by Crippen LogP contribution is 2.38. The minimum absolute atomic E-state index is 0.0717. The van der Waals surface area contributed by atoms with E-state index in [1.807, 2.05) is 23.2 Å². The zero-order chi connectivity index (χ0) is 30.5. The van der Waals surface area contributed by atoms with Crippen molar-refractivity contribution < 1.29 is 14.3 Å². The third-order valence-electron chi connectivity index (χ3n) is 9.46. The van der Waals surface area contributed by atoms with E-state index >= 15 is 0 Å². The molecule has 45 heavy (non-hydrogen) atoms. The van der Waals surface area contributed by atoms with Crippen molar-refractivity contribution in [2.75, 3.05) is 20.2 Å². The molecule has 2 aromatic carbocycles. The number of methoxy groups -OCH3 is 1. The summed E-state index contributed by atoms with van der Waals surface area (Å²) in [5.41, 5.74) is 5.45. The first-order valence-corrected chi connectivity index (χ1v) is 15.9. The fraction of sp³-hybridized carbons (Fsp3) is 0.382. The maximum atomic E-state index is 13.6. The molecule has 2 saturated heterocycles. The molecule has 3 aliphatic rings. The summed E-state index contributed by atoms with van der Waals surface area (Å²) in [6.45, 7) is 1.67. The third-order valence-corrected chi connectivity index (χ3v) is 9.46. The SMILES string of the molecule is COC(=O)NC(C(=O)N1CCC[C@H]1c1nc2ccc(-c3ccc4cc(-c5cnc([C@@H]6CCCN6)[nH]5)ccc4c3)nc2[nH]1)C1CC1. The number of amides is 2. The Kier molecular flexibility index (Phi) is 6.97. The number of nitrogens with zero attached hydrogens (tertiary/aromatic N) is 4. The van der Waals surface area contributed by atoms with E-state index in [2.05, 4.69) is 62.0 Å². The average Bonchev–Trinajstić information content (AvgIpc) is 3.55. The summed E-state index contributed by atoms with van der Waals surface area (Å²) in [6, 6.07) is 16.4. The van der Waals surface area contributed by atoms with Crippen LogP contribution in [-0.4, -0.2) is 68.1 Å². The number of aromatic nitrogens is 5. The Balaban J connectivity index is 1.02. The molecule has 0 bridgehead atoms. The van der Waals surface area contributed by atoms with E-state index in [1.54, 1.807) is 0 Å². The van der Waals surface area contributed by atoms with Crippen molar-refractivity contribution in [2.24, 2.45) is 5.92 Å². The predicted molar refractivity (Wildman–Crippen MR) is 170 cm³/mol. The number of pyridine rings is 1. The van der Waals surface area contributed by atoms with Crippen LogP contribution in [0.25, 0.3) is 44.5 Å². The minimum Gasteiger partial charge on any atom is -0.453 e. The molecule has 0 spiro atoms. The summed E-state index contributed by atoms with van der Waals surface area (Å²) in [5.74, 6) is 1.82. The van der Waals surface area contributed by atoms with Gasteiger partial charge in [0.1, 0.15) is 23.2 Å². The molecular weight excluding hydrogens is 568 g/mol. The molecule has 230 valence electrons. The highest BCUT2D eigenvalue weighted by Gasteiger charge is 2.43. The summed E-state index contributed by atoms with van der Waals surface area (Å²) >= 11 is 0. The molecule has 1 aliphatic carbocycles. The number of H-pyrrole nitrogens is 2. The van der Waals surface area contributed by atoms with Gasteiger partial charge in [0.2, 0.25) is 5.91 Å². The largest absolute Gasteiger partial charge is 0.453 e. The second-order valence-corrected chi connectivity index (χ2v) is 12.4. The van der Waals surface area contributed by atoms with Crippen molar-refractivity contribution in [3.8, 4) is 22.5 Å². The lowest BCUT2D eigenvalue weighted by Crippen LogP contribution is -2.49. The van der Waals surface area contributed by atoms with Gasteiger partial charge in [-0.2, -0.15) is 0 Å². The number of rotatable bonds is 7. The number of carbonyl (C=O) groups excluding carboxylic acids is 2. The molecular formula is C34H36N8O3. The van der Waals surface area contributed by atoms with Gasteiger partial charge >= 0.3 is 6.09 Å². The number of fused-ring (bicyclic) bond motifs is 2.